The third-order valence-corrected chi connectivity index (χ3v) is 7.00. The van der Waals surface area contributed by atoms with Crippen LogP contribution in [0.25, 0.3) is 11.3 Å². The topological polar surface area (TPSA) is 126 Å². The summed E-state index contributed by atoms with van der Waals surface area (Å²) < 4.78 is 0. The fourth-order valence-electron chi connectivity index (χ4n) is 5.12. The smallest absolute Gasteiger partial charge is 0.225 e. The van der Waals surface area contributed by atoms with Crippen LogP contribution in [0, 0.1) is 0 Å². The van der Waals surface area contributed by atoms with E-state index in [9.17, 15) is 10.2 Å². The van der Waals surface area contributed by atoms with Gasteiger partial charge in [0.05, 0.1) is 42.1 Å². The maximum absolute atomic E-state index is 10.3. The van der Waals surface area contributed by atoms with Gasteiger partial charge in [0, 0.05) is 57.4 Å². The van der Waals surface area contributed by atoms with Crippen molar-refractivity contribution in [3.8, 4) is 17.0 Å². The highest BCUT2D eigenvalue weighted by Crippen LogP contribution is 2.36. The molecule has 2 saturated heterocycles. The van der Waals surface area contributed by atoms with Crippen LogP contribution in [0.3, 0.4) is 0 Å². The van der Waals surface area contributed by atoms with Gasteiger partial charge in [-0.05, 0) is 18.2 Å². The van der Waals surface area contributed by atoms with E-state index >= 15 is 0 Å². The maximum atomic E-state index is 10.3. The number of para-hydroxylation sites is 1. The van der Waals surface area contributed by atoms with Gasteiger partial charge < -0.3 is 35.5 Å². The predicted octanol–water partition coefficient (Wildman–Crippen LogP) is 0.530. The van der Waals surface area contributed by atoms with Gasteiger partial charge in [-0.2, -0.15) is 0 Å². The summed E-state index contributed by atoms with van der Waals surface area (Å²) in [6.45, 7) is 5.73. The zero-order valence-corrected chi connectivity index (χ0v) is 19.4. The van der Waals surface area contributed by atoms with Crippen LogP contribution < -0.4 is 25.3 Å². The lowest BCUT2D eigenvalue weighted by Gasteiger charge is -2.45. The minimum Gasteiger partial charge on any atom is -0.507 e. The Bertz CT molecular complexity index is 1190. The first-order chi connectivity index (χ1) is 17.2. The molecule has 0 spiro atoms. The second kappa shape index (κ2) is 9.16. The molecule has 0 unspecified atom stereocenters. The number of aromatic hydroxyl groups is 1. The monoisotopic (exact) mass is 475 g/mol. The number of nitrogens with one attached hydrogen (secondary N) is 2. The number of phenolic OH excluding ortho intramolecular Hbond substituents is 1. The molecule has 35 heavy (non-hydrogen) atoms. The van der Waals surface area contributed by atoms with Gasteiger partial charge in [0.15, 0.2) is 5.82 Å². The molecule has 3 aliphatic heterocycles. The SMILES string of the molecule is OC[C@H]1CN(c2cnc(N3CCN4c5cc(-c6ccccc6O)nnc5NC[C@H]4C3)nc2)CCN1. The number of piperazine rings is 2. The van der Waals surface area contributed by atoms with Crippen molar-refractivity contribution in [2.45, 2.75) is 12.1 Å². The van der Waals surface area contributed by atoms with E-state index in [0.717, 1.165) is 69.0 Å². The maximum Gasteiger partial charge on any atom is 0.225 e. The van der Waals surface area contributed by atoms with Crippen LogP contribution in [0.5, 0.6) is 5.75 Å². The zero-order chi connectivity index (χ0) is 23.8. The molecule has 2 atom stereocenters. The molecule has 11 nitrogen and oxygen atoms in total. The van der Waals surface area contributed by atoms with Crippen LogP contribution in [-0.2, 0) is 0 Å². The van der Waals surface area contributed by atoms with E-state index in [1.54, 1.807) is 12.1 Å². The van der Waals surface area contributed by atoms with Crippen LogP contribution in [0.4, 0.5) is 23.1 Å². The number of phenols is 1. The molecular weight excluding hydrogens is 446 g/mol. The Morgan fingerprint density at radius 2 is 1.86 bits per heavy atom. The number of aromatic nitrogens is 4. The number of anilines is 4. The van der Waals surface area contributed by atoms with Crippen LogP contribution in [0.15, 0.2) is 42.7 Å². The average molecular weight is 476 g/mol. The number of hydrogen-bond acceptors (Lipinski definition) is 11. The number of benzene rings is 1. The van der Waals surface area contributed by atoms with E-state index in [4.69, 9.17) is 0 Å². The molecule has 4 N–H and O–H groups in total. The summed E-state index contributed by atoms with van der Waals surface area (Å²) in [6, 6.07) is 9.51. The first-order valence-electron chi connectivity index (χ1n) is 12.0. The lowest BCUT2D eigenvalue weighted by molar-refractivity contribution is 0.235. The van der Waals surface area contributed by atoms with Crippen LogP contribution in [0.2, 0.25) is 0 Å². The zero-order valence-electron chi connectivity index (χ0n) is 19.4. The Balaban J connectivity index is 1.17. The summed E-state index contributed by atoms with van der Waals surface area (Å²) in [5.41, 5.74) is 3.31. The van der Waals surface area contributed by atoms with Crippen molar-refractivity contribution in [1.82, 2.24) is 25.5 Å². The molecule has 11 heteroatoms. The summed E-state index contributed by atoms with van der Waals surface area (Å²) in [6.07, 6.45) is 3.77. The molecule has 0 saturated carbocycles. The standard InChI is InChI=1S/C24H29N9O2/c34-15-16-13-31(6-5-25-16)17-10-27-24(28-11-17)32-7-8-33-18(14-32)12-26-23-21(33)9-20(29-30-23)19-3-1-2-4-22(19)35/h1-4,9-11,16,18,25,34-35H,5-8,12-15H2,(H,26,30)/t16-,18+/m1/s1. The van der Waals surface area contributed by atoms with E-state index in [-0.39, 0.29) is 24.4 Å². The minimum absolute atomic E-state index is 0.0780. The summed E-state index contributed by atoms with van der Waals surface area (Å²) >= 11 is 0. The molecule has 0 aliphatic carbocycles. The summed E-state index contributed by atoms with van der Waals surface area (Å²) in [4.78, 5) is 16.2. The molecule has 0 radical (unpaired) electrons. The summed E-state index contributed by atoms with van der Waals surface area (Å²) in [5, 5.41) is 35.2. The normalized spacial score (nSPS) is 21.8. The van der Waals surface area contributed by atoms with Crippen LogP contribution >= 0.6 is 0 Å². The van der Waals surface area contributed by atoms with E-state index in [0.29, 0.717) is 11.3 Å². The van der Waals surface area contributed by atoms with Crippen molar-refractivity contribution in [1.29, 1.82) is 0 Å². The number of aliphatic hydroxyl groups excluding tert-OH is 1. The first-order valence-corrected chi connectivity index (χ1v) is 12.0. The molecule has 3 aliphatic rings. The molecular formula is C24H29N9O2. The quantitative estimate of drug-likeness (QED) is 0.422. The Labute approximate surface area is 203 Å². The van der Waals surface area contributed by atoms with Crippen molar-refractivity contribution >= 4 is 23.1 Å². The fourth-order valence-corrected chi connectivity index (χ4v) is 5.12. The Morgan fingerprint density at radius 1 is 1.00 bits per heavy atom. The van der Waals surface area contributed by atoms with Gasteiger partial charge in [-0.1, -0.05) is 12.1 Å². The molecule has 182 valence electrons. The van der Waals surface area contributed by atoms with Crippen molar-refractivity contribution in [3.05, 3.63) is 42.7 Å². The van der Waals surface area contributed by atoms with E-state index < -0.39 is 0 Å². The number of fused-ring (bicyclic) bond motifs is 3. The third-order valence-electron chi connectivity index (χ3n) is 7.00. The fraction of sp³-hybridized carbons (Fsp3) is 0.417. The van der Waals surface area contributed by atoms with Gasteiger partial charge in [-0.25, -0.2) is 9.97 Å². The highest BCUT2D eigenvalue weighted by atomic mass is 16.3. The first kappa shape index (κ1) is 21.8. The molecule has 3 aromatic rings. The van der Waals surface area contributed by atoms with Crippen molar-refractivity contribution in [2.24, 2.45) is 0 Å². The molecule has 2 aromatic heterocycles. The van der Waals surface area contributed by atoms with Crippen LogP contribution in [-0.4, -0.2) is 94.9 Å². The van der Waals surface area contributed by atoms with Gasteiger partial charge >= 0.3 is 0 Å². The highest BCUT2D eigenvalue weighted by molar-refractivity contribution is 5.76. The molecule has 1 aromatic carbocycles. The lowest BCUT2D eigenvalue weighted by atomic mass is 10.1. The largest absolute Gasteiger partial charge is 0.507 e. The third kappa shape index (κ3) is 4.17. The van der Waals surface area contributed by atoms with E-state index in [1.807, 2.05) is 30.6 Å². The Kier molecular flexibility index (Phi) is 5.71. The average Bonchev–Trinajstić information content (AvgIpc) is 2.93. The van der Waals surface area contributed by atoms with Gasteiger partial charge in [0.2, 0.25) is 5.95 Å². The molecule has 2 fully saturated rings. The van der Waals surface area contributed by atoms with Crippen molar-refractivity contribution in [3.63, 3.8) is 0 Å². The second-order valence-electron chi connectivity index (χ2n) is 9.18. The van der Waals surface area contributed by atoms with Gasteiger partial charge in [-0.15, -0.1) is 10.2 Å². The van der Waals surface area contributed by atoms with Gasteiger partial charge in [-0.3, -0.25) is 0 Å². The van der Waals surface area contributed by atoms with E-state index in [1.165, 1.54) is 0 Å². The minimum atomic E-state index is 0.0780. The summed E-state index contributed by atoms with van der Waals surface area (Å²) in [5.74, 6) is 1.70. The highest BCUT2D eigenvalue weighted by Gasteiger charge is 2.34. The number of nitrogens with zero attached hydrogens (tertiary/aromatic N) is 7. The molecule has 0 bridgehead atoms. The molecule has 0 amide bonds. The Hall–Kier alpha value is -3.70. The molecule has 5 heterocycles. The number of aliphatic hydroxyl groups is 1. The Morgan fingerprint density at radius 3 is 2.69 bits per heavy atom. The van der Waals surface area contributed by atoms with Gasteiger partial charge in [0.25, 0.3) is 0 Å². The number of rotatable bonds is 4. The summed E-state index contributed by atoms with van der Waals surface area (Å²) in [7, 11) is 0. The van der Waals surface area contributed by atoms with E-state index in [2.05, 4.69) is 45.5 Å². The van der Waals surface area contributed by atoms with Crippen molar-refractivity contribution in [2.75, 3.05) is 72.4 Å². The lowest BCUT2D eigenvalue weighted by Crippen LogP contribution is -2.58. The number of hydrogen-bond donors (Lipinski definition) is 4. The van der Waals surface area contributed by atoms with Crippen molar-refractivity contribution < 1.29 is 10.2 Å². The molecule has 6 rings (SSSR count). The van der Waals surface area contributed by atoms with Gasteiger partial charge in [0.1, 0.15) is 5.75 Å². The van der Waals surface area contributed by atoms with Crippen LogP contribution in [0.1, 0.15) is 0 Å². The predicted molar refractivity (Wildman–Crippen MR) is 134 cm³/mol. The second-order valence-corrected chi connectivity index (χ2v) is 9.18.